The first-order valence-electron chi connectivity index (χ1n) is 7.72. The van der Waals surface area contributed by atoms with Crippen molar-refractivity contribution >= 4 is 11.7 Å². The Kier molecular flexibility index (Phi) is 3.25. The van der Waals surface area contributed by atoms with E-state index < -0.39 is 0 Å². The second-order valence-electron chi connectivity index (χ2n) is 5.60. The molecule has 0 unspecified atom stereocenters. The molecule has 3 aromatic heterocycles. The van der Waals surface area contributed by atoms with Gasteiger partial charge in [-0.25, -0.2) is 0 Å². The third-order valence-electron chi connectivity index (χ3n) is 4.16. The van der Waals surface area contributed by atoms with Gasteiger partial charge in [0.05, 0.1) is 0 Å². The van der Waals surface area contributed by atoms with Gasteiger partial charge in [-0.05, 0) is 25.0 Å². The van der Waals surface area contributed by atoms with E-state index >= 15 is 0 Å². The van der Waals surface area contributed by atoms with E-state index in [-0.39, 0.29) is 0 Å². The number of fused-ring (bicyclic) bond motifs is 1. The molecule has 3 aromatic rings. The van der Waals surface area contributed by atoms with E-state index in [1.165, 1.54) is 0 Å². The highest BCUT2D eigenvalue weighted by atomic mass is 16.4. The van der Waals surface area contributed by atoms with E-state index in [0.717, 1.165) is 43.8 Å². The van der Waals surface area contributed by atoms with Crippen LogP contribution in [0.5, 0.6) is 0 Å². The van der Waals surface area contributed by atoms with E-state index in [9.17, 15) is 0 Å². The van der Waals surface area contributed by atoms with Crippen LogP contribution in [0.3, 0.4) is 0 Å². The first kappa shape index (κ1) is 13.2. The molecule has 7 heteroatoms. The summed E-state index contributed by atoms with van der Waals surface area (Å²) in [6.07, 6.45) is 4.96. The Balaban J connectivity index is 1.60. The maximum atomic E-state index is 5.69. The topological polar surface area (TPSA) is 72.4 Å². The van der Waals surface area contributed by atoms with Crippen molar-refractivity contribution < 1.29 is 4.42 Å². The number of rotatable bonds is 3. The van der Waals surface area contributed by atoms with E-state index in [1.807, 2.05) is 31.3 Å². The number of nitrogens with zero attached hydrogens (tertiary/aromatic N) is 6. The van der Waals surface area contributed by atoms with Crippen LogP contribution in [0, 0.1) is 0 Å². The summed E-state index contributed by atoms with van der Waals surface area (Å²) in [6.45, 7) is 3.79. The van der Waals surface area contributed by atoms with Crippen molar-refractivity contribution in [3.05, 3.63) is 36.1 Å². The number of aromatic nitrogens is 5. The monoisotopic (exact) mass is 298 g/mol. The highest BCUT2D eigenvalue weighted by molar-refractivity contribution is 5.38. The fourth-order valence-electron chi connectivity index (χ4n) is 3.02. The molecule has 1 aliphatic rings. The normalized spacial score (nSPS) is 19.0. The van der Waals surface area contributed by atoms with Crippen LogP contribution in [0.2, 0.25) is 0 Å². The van der Waals surface area contributed by atoms with Crippen LogP contribution in [0.25, 0.3) is 5.65 Å². The van der Waals surface area contributed by atoms with E-state index in [0.29, 0.717) is 17.8 Å². The van der Waals surface area contributed by atoms with Gasteiger partial charge < -0.3 is 9.32 Å². The maximum absolute atomic E-state index is 5.69. The SMILES string of the molecule is CCc1nnc(N2CCC[C@@H](c3nnc4ccccn34)C2)o1. The number of hydrogen-bond donors (Lipinski definition) is 0. The summed E-state index contributed by atoms with van der Waals surface area (Å²) in [4.78, 5) is 2.16. The second-order valence-corrected chi connectivity index (χ2v) is 5.60. The average Bonchev–Trinajstić information content (AvgIpc) is 3.22. The van der Waals surface area contributed by atoms with Crippen LogP contribution >= 0.6 is 0 Å². The zero-order valence-electron chi connectivity index (χ0n) is 12.5. The minimum Gasteiger partial charge on any atom is -0.408 e. The molecule has 0 saturated carbocycles. The Morgan fingerprint density at radius 1 is 1.23 bits per heavy atom. The Labute approximate surface area is 128 Å². The number of aryl methyl sites for hydroxylation is 1. The lowest BCUT2D eigenvalue weighted by atomic mass is 9.97. The maximum Gasteiger partial charge on any atom is 0.318 e. The largest absolute Gasteiger partial charge is 0.408 e. The van der Waals surface area contributed by atoms with Crippen molar-refractivity contribution in [2.45, 2.75) is 32.1 Å². The number of piperidine rings is 1. The predicted octanol–water partition coefficient (Wildman–Crippen LogP) is 2.06. The van der Waals surface area contributed by atoms with Gasteiger partial charge in [-0.2, -0.15) is 0 Å². The Morgan fingerprint density at radius 2 is 2.18 bits per heavy atom. The fraction of sp³-hybridized carbons (Fsp3) is 0.467. The Morgan fingerprint density at radius 3 is 3.05 bits per heavy atom. The molecule has 4 rings (SSSR count). The van der Waals surface area contributed by atoms with Gasteiger partial charge in [-0.15, -0.1) is 15.3 Å². The summed E-state index contributed by atoms with van der Waals surface area (Å²) >= 11 is 0. The van der Waals surface area contributed by atoms with Gasteiger partial charge in [0.1, 0.15) is 5.82 Å². The number of hydrogen-bond acceptors (Lipinski definition) is 6. The second kappa shape index (κ2) is 5.40. The van der Waals surface area contributed by atoms with Crippen molar-refractivity contribution in [2.24, 2.45) is 0 Å². The van der Waals surface area contributed by atoms with Crippen LogP contribution in [0.4, 0.5) is 6.01 Å². The minimum absolute atomic E-state index is 0.322. The Hall–Kier alpha value is -2.44. The molecule has 0 aromatic carbocycles. The quantitative estimate of drug-likeness (QED) is 0.737. The lowest BCUT2D eigenvalue weighted by molar-refractivity contribution is 0.434. The van der Waals surface area contributed by atoms with Crippen LogP contribution in [-0.2, 0) is 6.42 Å². The third kappa shape index (κ3) is 2.22. The summed E-state index contributed by atoms with van der Waals surface area (Å²) < 4.78 is 7.76. The van der Waals surface area contributed by atoms with Crippen LogP contribution < -0.4 is 4.90 Å². The average molecular weight is 298 g/mol. The molecule has 0 bridgehead atoms. The molecule has 1 fully saturated rings. The molecule has 1 saturated heterocycles. The minimum atomic E-state index is 0.322. The highest BCUT2D eigenvalue weighted by Crippen LogP contribution is 2.28. The molecule has 0 amide bonds. The zero-order chi connectivity index (χ0) is 14.9. The molecule has 1 atom stereocenters. The Bertz CT molecular complexity index is 779. The van der Waals surface area contributed by atoms with Gasteiger partial charge in [0.15, 0.2) is 5.65 Å². The summed E-state index contributed by atoms with van der Waals surface area (Å²) in [7, 11) is 0. The molecule has 0 radical (unpaired) electrons. The molecule has 0 aliphatic carbocycles. The first-order chi connectivity index (χ1) is 10.8. The van der Waals surface area contributed by atoms with Crippen molar-refractivity contribution in [2.75, 3.05) is 18.0 Å². The lowest BCUT2D eigenvalue weighted by Crippen LogP contribution is -2.35. The van der Waals surface area contributed by atoms with Crippen molar-refractivity contribution in [1.29, 1.82) is 0 Å². The third-order valence-corrected chi connectivity index (χ3v) is 4.16. The molecular weight excluding hydrogens is 280 g/mol. The fourth-order valence-corrected chi connectivity index (χ4v) is 3.02. The number of pyridine rings is 1. The van der Waals surface area contributed by atoms with Crippen molar-refractivity contribution in [1.82, 2.24) is 24.8 Å². The van der Waals surface area contributed by atoms with Gasteiger partial charge in [0, 0.05) is 31.6 Å². The standard InChI is InChI=1S/C15H18N6O/c1-2-13-17-19-15(22-13)20-8-5-6-11(10-20)14-18-16-12-7-3-4-9-21(12)14/h3-4,7,9,11H,2,5-6,8,10H2,1H3/t11-/m1/s1. The molecule has 22 heavy (non-hydrogen) atoms. The van der Waals surface area contributed by atoms with Crippen molar-refractivity contribution in [3.8, 4) is 0 Å². The summed E-state index contributed by atoms with van der Waals surface area (Å²) in [5, 5.41) is 16.9. The van der Waals surface area contributed by atoms with E-state index in [2.05, 4.69) is 29.7 Å². The molecular formula is C15H18N6O. The van der Waals surface area contributed by atoms with Crippen LogP contribution in [-0.4, -0.2) is 37.9 Å². The summed E-state index contributed by atoms with van der Waals surface area (Å²) in [6, 6.07) is 6.58. The van der Waals surface area contributed by atoms with Crippen LogP contribution in [0.15, 0.2) is 28.8 Å². The zero-order valence-corrected chi connectivity index (χ0v) is 12.5. The highest BCUT2D eigenvalue weighted by Gasteiger charge is 2.27. The van der Waals surface area contributed by atoms with Gasteiger partial charge in [-0.3, -0.25) is 4.40 Å². The molecule has 0 N–H and O–H groups in total. The molecule has 114 valence electrons. The van der Waals surface area contributed by atoms with E-state index in [1.54, 1.807) is 0 Å². The van der Waals surface area contributed by atoms with Crippen molar-refractivity contribution in [3.63, 3.8) is 0 Å². The van der Waals surface area contributed by atoms with Gasteiger partial charge in [0.2, 0.25) is 5.89 Å². The van der Waals surface area contributed by atoms with Crippen LogP contribution in [0.1, 0.15) is 37.4 Å². The van der Waals surface area contributed by atoms with Gasteiger partial charge in [-0.1, -0.05) is 18.1 Å². The molecule has 0 spiro atoms. The predicted molar refractivity (Wildman–Crippen MR) is 80.9 cm³/mol. The summed E-state index contributed by atoms with van der Waals surface area (Å²) in [5.74, 6) is 2.02. The molecule has 4 heterocycles. The smallest absolute Gasteiger partial charge is 0.318 e. The first-order valence-corrected chi connectivity index (χ1v) is 7.72. The summed E-state index contributed by atoms with van der Waals surface area (Å²) in [5.41, 5.74) is 0.890. The molecule has 1 aliphatic heterocycles. The number of anilines is 1. The lowest BCUT2D eigenvalue weighted by Gasteiger charge is -2.30. The van der Waals surface area contributed by atoms with Gasteiger partial charge in [0.25, 0.3) is 0 Å². The van der Waals surface area contributed by atoms with E-state index in [4.69, 9.17) is 4.42 Å². The van der Waals surface area contributed by atoms with Gasteiger partial charge >= 0.3 is 6.01 Å². The molecule has 7 nitrogen and oxygen atoms in total.